The van der Waals surface area contributed by atoms with Crippen molar-refractivity contribution in [3.05, 3.63) is 64.3 Å². The highest BCUT2D eigenvalue weighted by Gasteiger charge is 2.11. The van der Waals surface area contributed by atoms with E-state index in [9.17, 15) is 4.79 Å². The number of nitriles is 1. The van der Waals surface area contributed by atoms with Crippen LogP contribution in [0.25, 0.3) is 11.0 Å². The SMILES string of the molecule is N#CCOc1ccc(C=NNC(=O)c2cc3cc(Br)ccc3o2)cc1. The number of hydrazone groups is 1. The molecule has 0 radical (unpaired) electrons. The second-order valence-corrected chi connectivity index (χ2v) is 5.92. The second kappa shape index (κ2) is 7.64. The van der Waals surface area contributed by atoms with Crippen LogP contribution in [0.1, 0.15) is 16.1 Å². The van der Waals surface area contributed by atoms with Crippen LogP contribution < -0.4 is 10.2 Å². The lowest BCUT2D eigenvalue weighted by molar-refractivity contribution is 0.0929. The third-order valence-electron chi connectivity index (χ3n) is 3.27. The Kier molecular flexibility index (Phi) is 5.11. The van der Waals surface area contributed by atoms with Gasteiger partial charge >= 0.3 is 5.91 Å². The van der Waals surface area contributed by atoms with Crippen molar-refractivity contribution in [2.45, 2.75) is 0 Å². The molecule has 0 aliphatic carbocycles. The van der Waals surface area contributed by atoms with E-state index in [2.05, 4.69) is 26.5 Å². The molecule has 124 valence electrons. The number of ether oxygens (including phenoxy) is 1. The summed E-state index contributed by atoms with van der Waals surface area (Å²) in [5, 5.41) is 13.2. The fraction of sp³-hybridized carbons (Fsp3) is 0.0556. The zero-order valence-electron chi connectivity index (χ0n) is 12.9. The number of benzene rings is 2. The molecule has 25 heavy (non-hydrogen) atoms. The Bertz CT molecular complexity index is 971. The van der Waals surface area contributed by atoms with Gasteiger partial charge in [0.05, 0.1) is 6.21 Å². The third-order valence-corrected chi connectivity index (χ3v) is 3.76. The minimum absolute atomic E-state index is 0.00242. The molecule has 1 N–H and O–H groups in total. The van der Waals surface area contributed by atoms with Gasteiger partial charge in [-0.25, -0.2) is 5.43 Å². The molecule has 0 unspecified atom stereocenters. The molecular weight excluding hydrogens is 386 g/mol. The summed E-state index contributed by atoms with van der Waals surface area (Å²) in [5.74, 6) is 0.346. The average molecular weight is 398 g/mol. The Balaban J connectivity index is 1.62. The highest BCUT2D eigenvalue weighted by molar-refractivity contribution is 9.10. The molecular formula is C18H12BrN3O3. The van der Waals surface area contributed by atoms with Gasteiger partial charge in [0.2, 0.25) is 0 Å². The smallest absolute Gasteiger partial charge is 0.307 e. The molecule has 7 heteroatoms. The topological polar surface area (TPSA) is 87.6 Å². The maximum absolute atomic E-state index is 12.1. The lowest BCUT2D eigenvalue weighted by Crippen LogP contribution is -2.16. The summed E-state index contributed by atoms with van der Waals surface area (Å²) >= 11 is 3.37. The van der Waals surface area contributed by atoms with Crippen molar-refractivity contribution >= 4 is 39.0 Å². The first-order valence-corrected chi connectivity index (χ1v) is 8.07. The average Bonchev–Trinajstić information content (AvgIpc) is 3.04. The lowest BCUT2D eigenvalue weighted by Gasteiger charge is -2.01. The number of hydrogen-bond acceptors (Lipinski definition) is 5. The largest absolute Gasteiger partial charge is 0.479 e. The molecule has 0 atom stereocenters. The van der Waals surface area contributed by atoms with Crippen molar-refractivity contribution in [2.75, 3.05) is 6.61 Å². The van der Waals surface area contributed by atoms with Gasteiger partial charge in [-0.15, -0.1) is 0 Å². The summed E-state index contributed by atoms with van der Waals surface area (Å²) in [4.78, 5) is 12.1. The van der Waals surface area contributed by atoms with E-state index in [4.69, 9.17) is 14.4 Å². The summed E-state index contributed by atoms with van der Waals surface area (Å²) in [6.45, 7) is -0.00242. The molecule has 0 bridgehead atoms. The van der Waals surface area contributed by atoms with Crippen molar-refractivity contribution < 1.29 is 13.9 Å². The van der Waals surface area contributed by atoms with E-state index < -0.39 is 5.91 Å². The fourth-order valence-corrected chi connectivity index (χ4v) is 2.49. The first kappa shape index (κ1) is 16.7. The molecule has 3 aromatic rings. The predicted molar refractivity (Wildman–Crippen MR) is 96.5 cm³/mol. The van der Waals surface area contributed by atoms with Crippen LogP contribution in [-0.4, -0.2) is 18.7 Å². The van der Waals surface area contributed by atoms with E-state index in [0.29, 0.717) is 11.3 Å². The summed E-state index contributed by atoms with van der Waals surface area (Å²) in [6.07, 6.45) is 1.51. The Morgan fingerprint density at radius 1 is 1.28 bits per heavy atom. The van der Waals surface area contributed by atoms with Crippen molar-refractivity contribution in [2.24, 2.45) is 5.10 Å². The number of fused-ring (bicyclic) bond motifs is 1. The molecule has 0 fully saturated rings. The van der Waals surface area contributed by atoms with Crippen molar-refractivity contribution in [3.63, 3.8) is 0 Å². The number of halogens is 1. The first-order chi connectivity index (χ1) is 12.2. The van der Waals surface area contributed by atoms with Gasteiger partial charge in [-0.05, 0) is 54.1 Å². The number of rotatable bonds is 5. The molecule has 0 aliphatic heterocycles. The molecule has 0 spiro atoms. The number of nitrogens with zero attached hydrogens (tertiary/aromatic N) is 2. The second-order valence-electron chi connectivity index (χ2n) is 5.01. The molecule has 6 nitrogen and oxygen atoms in total. The Morgan fingerprint density at radius 2 is 2.08 bits per heavy atom. The van der Waals surface area contributed by atoms with E-state index in [0.717, 1.165) is 15.4 Å². The van der Waals surface area contributed by atoms with Crippen molar-refractivity contribution in [1.29, 1.82) is 5.26 Å². The minimum atomic E-state index is -0.433. The maximum Gasteiger partial charge on any atom is 0.307 e. The van der Waals surface area contributed by atoms with Crippen molar-refractivity contribution in [1.82, 2.24) is 5.43 Å². The number of amides is 1. The van der Waals surface area contributed by atoms with E-state index in [1.54, 1.807) is 36.4 Å². The molecule has 1 aromatic heterocycles. The van der Waals surface area contributed by atoms with Gasteiger partial charge in [-0.1, -0.05) is 15.9 Å². The predicted octanol–water partition coefficient (Wildman–Crippen LogP) is 3.86. The molecule has 2 aromatic carbocycles. The number of carbonyl (C=O) groups excluding carboxylic acids is 1. The number of nitrogens with one attached hydrogen (secondary N) is 1. The normalized spacial score (nSPS) is 10.7. The van der Waals surface area contributed by atoms with E-state index in [1.807, 2.05) is 18.2 Å². The van der Waals surface area contributed by atoms with E-state index >= 15 is 0 Å². The van der Waals surface area contributed by atoms with Gasteiger partial charge in [0.1, 0.15) is 17.4 Å². The fourth-order valence-electron chi connectivity index (χ4n) is 2.11. The Hall–Kier alpha value is -3.11. The summed E-state index contributed by atoms with van der Waals surface area (Å²) < 4.78 is 11.6. The molecule has 3 rings (SSSR count). The highest BCUT2D eigenvalue weighted by atomic mass is 79.9. The monoisotopic (exact) mass is 397 g/mol. The highest BCUT2D eigenvalue weighted by Crippen LogP contribution is 2.23. The van der Waals surface area contributed by atoms with Crippen LogP contribution in [0.2, 0.25) is 0 Å². The third kappa shape index (κ3) is 4.25. The summed E-state index contributed by atoms with van der Waals surface area (Å²) in [7, 11) is 0. The van der Waals surface area contributed by atoms with Crippen molar-refractivity contribution in [3.8, 4) is 11.8 Å². The molecule has 0 saturated carbocycles. The standard InChI is InChI=1S/C18H12BrN3O3/c19-14-3-6-16-13(9-14)10-17(25-16)18(23)22-21-11-12-1-4-15(5-2-12)24-8-7-20/h1-6,9-11H,8H2,(H,22,23). The molecule has 1 amide bonds. The first-order valence-electron chi connectivity index (χ1n) is 7.28. The Morgan fingerprint density at radius 3 is 2.84 bits per heavy atom. The van der Waals surface area contributed by atoms with Crippen LogP contribution in [0.5, 0.6) is 5.75 Å². The van der Waals surface area contributed by atoms with Gasteiger partial charge in [-0.3, -0.25) is 4.79 Å². The summed E-state index contributed by atoms with van der Waals surface area (Å²) in [5.41, 5.74) is 3.83. The van der Waals surface area contributed by atoms with Gasteiger partial charge < -0.3 is 9.15 Å². The quantitative estimate of drug-likeness (QED) is 0.522. The van der Waals surface area contributed by atoms with E-state index in [-0.39, 0.29) is 12.4 Å². The van der Waals surface area contributed by atoms with Crippen LogP contribution in [0, 0.1) is 11.3 Å². The van der Waals surface area contributed by atoms with Gasteiger partial charge in [0, 0.05) is 9.86 Å². The number of furan rings is 1. The van der Waals surface area contributed by atoms with Gasteiger partial charge in [-0.2, -0.15) is 10.4 Å². The van der Waals surface area contributed by atoms with Crippen LogP contribution in [0.3, 0.4) is 0 Å². The van der Waals surface area contributed by atoms with Crippen LogP contribution >= 0.6 is 15.9 Å². The zero-order chi connectivity index (χ0) is 17.6. The molecule has 1 heterocycles. The minimum Gasteiger partial charge on any atom is -0.479 e. The summed E-state index contributed by atoms with van der Waals surface area (Å²) in [6, 6.07) is 16.0. The molecule has 0 saturated heterocycles. The van der Waals surface area contributed by atoms with E-state index in [1.165, 1.54) is 6.21 Å². The zero-order valence-corrected chi connectivity index (χ0v) is 14.5. The van der Waals surface area contributed by atoms with Crippen LogP contribution in [-0.2, 0) is 0 Å². The Labute approximate surface area is 151 Å². The van der Waals surface area contributed by atoms with Gasteiger partial charge in [0.15, 0.2) is 12.4 Å². The van der Waals surface area contributed by atoms with Crippen LogP contribution in [0.4, 0.5) is 0 Å². The van der Waals surface area contributed by atoms with Gasteiger partial charge in [0.25, 0.3) is 0 Å². The number of carbonyl (C=O) groups is 1. The van der Waals surface area contributed by atoms with Crippen LogP contribution in [0.15, 0.2) is 62.5 Å². The maximum atomic E-state index is 12.1. The number of hydrogen-bond donors (Lipinski definition) is 1. The lowest BCUT2D eigenvalue weighted by atomic mass is 10.2. The molecule has 0 aliphatic rings.